The first-order valence-corrected chi connectivity index (χ1v) is 11.6. The Kier molecular flexibility index (Phi) is 5.75. The summed E-state index contributed by atoms with van der Waals surface area (Å²) in [6, 6.07) is 24.1. The Morgan fingerprint density at radius 1 is 1.00 bits per heavy atom. The minimum Gasteiger partial charge on any atom is -0.461 e. The fraction of sp³-hybridized carbons (Fsp3) is 0.148. The van der Waals surface area contributed by atoms with Gasteiger partial charge in [0.25, 0.3) is 5.56 Å². The van der Waals surface area contributed by atoms with Gasteiger partial charge >= 0.3 is 5.97 Å². The van der Waals surface area contributed by atoms with Crippen LogP contribution in [0.1, 0.15) is 32.2 Å². The smallest absolute Gasteiger partial charge is 0.348 e. The summed E-state index contributed by atoms with van der Waals surface area (Å²) in [5, 5.41) is 2.73. The van der Waals surface area contributed by atoms with Gasteiger partial charge in [-0.2, -0.15) is 0 Å². The molecule has 5 nitrogen and oxygen atoms in total. The first-order valence-electron chi connectivity index (χ1n) is 10.8. The van der Waals surface area contributed by atoms with Crippen molar-refractivity contribution in [2.45, 2.75) is 19.8 Å². The topological polar surface area (TPSA) is 72.0 Å². The molecule has 0 bridgehead atoms. The summed E-state index contributed by atoms with van der Waals surface area (Å²) in [5.41, 5.74) is 2.58. The largest absolute Gasteiger partial charge is 0.461 e. The number of aromatic amines is 1. The van der Waals surface area contributed by atoms with Gasteiger partial charge in [-0.15, -0.1) is 11.3 Å². The molecule has 5 rings (SSSR count). The quantitative estimate of drug-likeness (QED) is 0.347. The molecule has 0 aliphatic carbocycles. The average molecular weight is 455 g/mol. The van der Waals surface area contributed by atoms with Crippen molar-refractivity contribution in [3.8, 4) is 0 Å². The number of hydrogen-bond acceptors (Lipinski definition) is 5. The first-order chi connectivity index (χ1) is 16.1. The fourth-order valence-corrected chi connectivity index (χ4v) is 5.16. The minimum atomic E-state index is -0.415. The summed E-state index contributed by atoms with van der Waals surface area (Å²) in [6.07, 6.45) is 1.14. The third kappa shape index (κ3) is 4.30. The van der Waals surface area contributed by atoms with Crippen LogP contribution >= 0.6 is 11.3 Å². The molecule has 33 heavy (non-hydrogen) atoms. The third-order valence-corrected chi connectivity index (χ3v) is 6.91. The van der Waals surface area contributed by atoms with Crippen LogP contribution in [-0.4, -0.2) is 22.5 Å². The van der Waals surface area contributed by atoms with Crippen LogP contribution in [0.5, 0.6) is 0 Å². The molecule has 2 aromatic heterocycles. The summed E-state index contributed by atoms with van der Waals surface area (Å²) in [4.78, 5) is 34.2. The van der Waals surface area contributed by atoms with Crippen molar-refractivity contribution in [2.24, 2.45) is 0 Å². The highest BCUT2D eigenvalue weighted by molar-refractivity contribution is 7.20. The molecule has 164 valence electrons. The molecule has 3 aromatic carbocycles. The molecule has 0 saturated heterocycles. The van der Waals surface area contributed by atoms with Crippen molar-refractivity contribution < 1.29 is 9.53 Å². The summed E-state index contributed by atoms with van der Waals surface area (Å²) in [5.74, 6) is 0.163. The van der Waals surface area contributed by atoms with Crippen LogP contribution in [0.25, 0.3) is 21.0 Å². The van der Waals surface area contributed by atoms with Gasteiger partial charge in [-0.25, -0.2) is 9.78 Å². The molecule has 2 heterocycles. The molecule has 0 aliphatic rings. The van der Waals surface area contributed by atoms with E-state index >= 15 is 0 Å². The van der Waals surface area contributed by atoms with E-state index < -0.39 is 5.97 Å². The SMILES string of the molecule is Cc1c(C(=O)OCCc2ccccc2)sc2nc(Cc3cccc4ccccc34)[nH]c(=O)c12. The molecule has 0 aliphatic heterocycles. The van der Waals surface area contributed by atoms with Crippen LogP contribution in [0, 0.1) is 6.92 Å². The van der Waals surface area contributed by atoms with E-state index in [1.807, 2.05) is 54.6 Å². The van der Waals surface area contributed by atoms with Crippen molar-refractivity contribution in [3.63, 3.8) is 0 Å². The van der Waals surface area contributed by atoms with Gasteiger partial charge in [-0.3, -0.25) is 4.79 Å². The number of aromatic nitrogens is 2. The van der Waals surface area contributed by atoms with Gasteiger partial charge in [0.05, 0.1) is 12.0 Å². The Hall–Kier alpha value is -3.77. The third-order valence-electron chi connectivity index (χ3n) is 5.74. The highest BCUT2D eigenvalue weighted by Crippen LogP contribution is 2.28. The summed E-state index contributed by atoms with van der Waals surface area (Å²) >= 11 is 1.22. The van der Waals surface area contributed by atoms with E-state index in [4.69, 9.17) is 4.74 Å². The second-order valence-electron chi connectivity index (χ2n) is 7.94. The lowest BCUT2D eigenvalue weighted by molar-refractivity contribution is 0.0514. The molecule has 5 aromatic rings. The predicted molar refractivity (Wildman–Crippen MR) is 132 cm³/mol. The van der Waals surface area contributed by atoms with Crippen LogP contribution in [0.4, 0.5) is 0 Å². The number of nitrogens with zero attached hydrogens (tertiary/aromatic N) is 1. The fourth-order valence-electron chi connectivity index (χ4n) is 4.07. The first kappa shape index (κ1) is 21.1. The summed E-state index contributed by atoms with van der Waals surface area (Å²) in [6.45, 7) is 2.06. The Morgan fingerprint density at radius 3 is 2.61 bits per heavy atom. The van der Waals surface area contributed by atoms with Crippen molar-refractivity contribution >= 4 is 38.3 Å². The van der Waals surface area contributed by atoms with E-state index in [-0.39, 0.29) is 12.2 Å². The number of hydrogen-bond donors (Lipinski definition) is 1. The highest BCUT2D eigenvalue weighted by Gasteiger charge is 2.20. The van der Waals surface area contributed by atoms with Crippen LogP contribution in [-0.2, 0) is 17.6 Å². The standard InChI is InChI=1S/C27H22N2O3S/c1-17-23-25(30)28-22(16-20-12-7-11-19-10-5-6-13-21(19)20)29-26(23)33-24(17)27(31)32-15-14-18-8-3-2-4-9-18/h2-13H,14-16H2,1H3,(H,28,29,30). The van der Waals surface area contributed by atoms with Crippen LogP contribution < -0.4 is 5.56 Å². The molecule has 1 N–H and O–H groups in total. The number of nitrogens with one attached hydrogen (secondary N) is 1. The molecule has 0 fully saturated rings. The van der Waals surface area contributed by atoms with Gasteiger partial charge in [0.2, 0.25) is 0 Å². The van der Waals surface area contributed by atoms with Gasteiger partial charge in [0, 0.05) is 12.8 Å². The van der Waals surface area contributed by atoms with E-state index in [0.717, 1.165) is 21.9 Å². The normalized spacial score (nSPS) is 11.2. The molecule has 6 heteroatoms. The maximum Gasteiger partial charge on any atom is 0.348 e. The number of rotatable bonds is 6. The maximum atomic E-state index is 12.9. The van der Waals surface area contributed by atoms with E-state index in [1.165, 1.54) is 11.3 Å². The number of carbonyl (C=O) groups excluding carboxylic acids is 1. The molecular formula is C27H22N2O3S. The number of thiophene rings is 1. The highest BCUT2D eigenvalue weighted by atomic mass is 32.1. The Bertz CT molecular complexity index is 1510. The zero-order valence-electron chi connectivity index (χ0n) is 18.1. The van der Waals surface area contributed by atoms with Gasteiger partial charge in [0.1, 0.15) is 15.5 Å². The molecule has 0 unspecified atom stereocenters. The molecule has 0 atom stereocenters. The zero-order valence-corrected chi connectivity index (χ0v) is 18.9. The molecule has 0 spiro atoms. The number of fused-ring (bicyclic) bond motifs is 2. The number of esters is 1. The van der Waals surface area contributed by atoms with Crippen molar-refractivity contribution in [1.82, 2.24) is 9.97 Å². The number of H-pyrrole nitrogens is 1. The average Bonchev–Trinajstić information content (AvgIpc) is 3.17. The summed E-state index contributed by atoms with van der Waals surface area (Å²) in [7, 11) is 0. The molecular weight excluding hydrogens is 432 g/mol. The van der Waals surface area contributed by atoms with Gasteiger partial charge in [-0.05, 0) is 34.4 Å². The second kappa shape index (κ2) is 9.00. The minimum absolute atomic E-state index is 0.229. The van der Waals surface area contributed by atoms with Crippen molar-refractivity contribution in [2.75, 3.05) is 6.61 Å². The van der Waals surface area contributed by atoms with E-state index in [0.29, 0.717) is 39.3 Å². The van der Waals surface area contributed by atoms with Crippen LogP contribution in [0.15, 0.2) is 77.6 Å². The Labute approximate surface area is 194 Å². The van der Waals surface area contributed by atoms with Crippen molar-refractivity contribution in [1.29, 1.82) is 0 Å². The number of carbonyl (C=O) groups is 1. The monoisotopic (exact) mass is 454 g/mol. The lowest BCUT2D eigenvalue weighted by Crippen LogP contribution is -2.12. The van der Waals surface area contributed by atoms with Crippen LogP contribution in [0.2, 0.25) is 0 Å². The number of aryl methyl sites for hydroxylation is 1. The van der Waals surface area contributed by atoms with Gasteiger partial charge in [0.15, 0.2) is 0 Å². The molecule has 0 saturated carbocycles. The molecule has 0 amide bonds. The predicted octanol–water partition coefficient (Wildman–Crippen LogP) is 5.44. The van der Waals surface area contributed by atoms with E-state index in [9.17, 15) is 9.59 Å². The maximum absolute atomic E-state index is 12.9. The second-order valence-corrected chi connectivity index (χ2v) is 8.93. The zero-order chi connectivity index (χ0) is 22.8. The number of ether oxygens (including phenoxy) is 1. The van der Waals surface area contributed by atoms with Gasteiger partial charge < -0.3 is 9.72 Å². The summed E-state index contributed by atoms with van der Waals surface area (Å²) < 4.78 is 5.49. The lowest BCUT2D eigenvalue weighted by atomic mass is 10.0. The van der Waals surface area contributed by atoms with Crippen LogP contribution in [0.3, 0.4) is 0 Å². The lowest BCUT2D eigenvalue weighted by Gasteiger charge is -2.06. The Balaban J connectivity index is 1.40. The molecule has 0 radical (unpaired) electrons. The van der Waals surface area contributed by atoms with Gasteiger partial charge in [-0.1, -0.05) is 72.8 Å². The van der Waals surface area contributed by atoms with E-state index in [2.05, 4.69) is 28.2 Å². The van der Waals surface area contributed by atoms with Crippen molar-refractivity contribution in [3.05, 3.63) is 111 Å². The Morgan fingerprint density at radius 2 is 1.76 bits per heavy atom. The number of benzene rings is 3. The van der Waals surface area contributed by atoms with E-state index in [1.54, 1.807) is 6.92 Å².